The molecule has 14 heteroatoms. The number of hydrogen-bond acceptors (Lipinski definition) is 12. The van der Waals surface area contributed by atoms with Crippen LogP contribution in [0.3, 0.4) is 0 Å². The molecule has 198 valence electrons. The molecule has 1 heterocycles. The highest BCUT2D eigenvalue weighted by Crippen LogP contribution is 2.13. The Balaban J connectivity index is 1.92. The number of pyridine rings is 1. The molecule has 0 fully saturated rings. The second-order valence-corrected chi connectivity index (χ2v) is 6.52. The van der Waals surface area contributed by atoms with Gasteiger partial charge in [-0.25, -0.2) is 5.53 Å². The lowest BCUT2D eigenvalue weighted by atomic mass is 10.5. The highest BCUT2D eigenvalue weighted by molar-refractivity contribution is 5.19. The molecule has 35 heavy (non-hydrogen) atoms. The predicted molar refractivity (Wildman–Crippen MR) is 124 cm³/mol. The molecule has 0 atom stereocenters. The third-order valence-corrected chi connectivity index (χ3v) is 3.89. The minimum Gasteiger partial charge on any atom is -0.475 e. The Morgan fingerprint density at radius 1 is 0.629 bits per heavy atom. The van der Waals surface area contributed by atoms with Crippen LogP contribution in [-0.2, 0) is 28.4 Å². The molecule has 0 bridgehead atoms. The molecular weight excluding hydrogens is 464 g/mol. The maximum atomic E-state index is 8.13. The Kier molecular flexibility index (Phi) is 21.4. The summed E-state index contributed by atoms with van der Waals surface area (Å²) in [5, 5.41) is 6.57. The Bertz CT molecular complexity index is 681. The monoisotopic (exact) mass is 500 g/mol. The lowest BCUT2D eigenvalue weighted by Crippen LogP contribution is -2.14. The predicted octanol–water partition coefficient (Wildman–Crippen LogP) is 2.28. The van der Waals surface area contributed by atoms with Crippen LogP contribution in [0, 0.1) is 5.53 Å². The van der Waals surface area contributed by atoms with E-state index in [4.69, 9.17) is 49.0 Å². The summed E-state index contributed by atoms with van der Waals surface area (Å²) in [7, 11) is 0. The van der Waals surface area contributed by atoms with Gasteiger partial charge in [0.2, 0.25) is 11.8 Å². The van der Waals surface area contributed by atoms with E-state index in [-0.39, 0.29) is 0 Å². The van der Waals surface area contributed by atoms with Crippen LogP contribution in [0.1, 0.15) is 0 Å². The molecule has 0 unspecified atom stereocenters. The Labute approximate surface area is 205 Å². The molecular formula is C21H36N6O8. The third kappa shape index (κ3) is 20.5. The number of hydrogen-bond donors (Lipinski definition) is 1. The molecule has 14 nitrogen and oxygen atoms in total. The summed E-state index contributed by atoms with van der Waals surface area (Å²) in [6, 6.07) is 5.30. The zero-order valence-electron chi connectivity index (χ0n) is 20.0. The normalized spacial score (nSPS) is 10.6. The highest BCUT2D eigenvalue weighted by atomic mass is 16.6. The number of azide groups is 1. The van der Waals surface area contributed by atoms with Gasteiger partial charge in [0.15, 0.2) is 0 Å². The van der Waals surface area contributed by atoms with Crippen molar-refractivity contribution in [2.45, 2.75) is 0 Å². The number of aromatic nitrogens is 1. The van der Waals surface area contributed by atoms with Gasteiger partial charge in [-0.3, -0.25) is 0 Å². The summed E-state index contributed by atoms with van der Waals surface area (Å²) in [6.45, 7) is 6.71. The Morgan fingerprint density at radius 2 is 1.03 bits per heavy atom. The summed E-state index contributed by atoms with van der Waals surface area (Å²) in [5.41, 5.74) is 14.8. The van der Waals surface area contributed by atoms with Gasteiger partial charge >= 0.3 is 0 Å². The molecule has 0 spiro atoms. The molecule has 0 aliphatic carbocycles. The highest BCUT2D eigenvalue weighted by Gasteiger charge is 2.01. The first-order valence-corrected chi connectivity index (χ1v) is 11.4. The van der Waals surface area contributed by atoms with Crippen LogP contribution in [0.25, 0.3) is 10.4 Å². The van der Waals surface area contributed by atoms with Gasteiger partial charge in [-0.1, -0.05) is 11.2 Å². The van der Waals surface area contributed by atoms with Gasteiger partial charge in [-0.05, 0) is 5.53 Å². The minimum absolute atomic E-state index is 0.318. The van der Waals surface area contributed by atoms with Gasteiger partial charge in [0.25, 0.3) is 0 Å². The van der Waals surface area contributed by atoms with Crippen molar-refractivity contribution in [3.63, 3.8) is 0 Å². The zero-order valence-corrected chi connectivity index (χ0v) is 20.0. The quantitative estimate of drug-likeness (QED) is 0.0866. The lowest BCUT2D eigenvalue weighted by molar-refractivity contribution is 0.00957. The fourth-order valence-electron chi connectivity index (χ4n) is 2.31. The molecule has 0 amide bonds. The fourth-order valence-corrected chi connectivity index (χ4v) is 2.31. The summed E-state index contributed by atoms with van der Waals surface area (Å²) >= 11 is 0. The van der Waals surface area contributed by atoms with Gasteiger partial charge in [0.1, 0.15) is 13.2 Å². The Morgan fingerprint density at radius 3 is 1.46 bits per heavy atom. The summed E-state index contributed by atoms with van der Waals surface area (Å²) in [6.07, 6.45) is 0. The first kappa shape index (κ1) is 30.5. The topological polar surface area (TPSA) is 172 Å². The van der Waals surface area contributed by atoms with Crippen LogP contribution >= 0.6 is 0 Å². The maximum absolute atomic E-state index is 8.13. The second kappa shape index (κ2) is 24.5. The first-order chi connectivity index (χ1) is 17.4. The van der Waals surface area contributed by atoms with Crippen LogP contribution in [0.15, 0.2) is 28.4 Å². The van der Waals surface area contributed by atoms with Crippen molar-refractivity contribution in [2.75, 3.05) is 106 Å². The van der Waals surface area contributed by atoms with Crippen LogP contribution < -0.4 is 9.47 Å². The lowest BCUT2D eigenvalue weighted by Gasteiger charge is -2.10. The smallest absolute Gasteiger partial charge is 0.216 e. The van der Waals surface area contributed by atoms with Crippen molar-refractivity contribution in [3.8, 4) is 11.8 Å². The van der Waals surface area contributed by atoms with Crippen LogP contribution in [0.5, 0.6) is 11.8 Å². The van der Waals surface area contributed by atoms with Crippen molar-refractivity contribution in [1.82, 2.24) is 4.98 Å². The molecule has 0 aliphatic heterocycles. The van der Waals surface area contributed by atoms with E-state index in [1.54, 1.807) is 18.2 Å². The average Bonchev–Trinajstić information content (AvgIpc) is 2.88. The molecule has 1 aromatic rings. The van der Waals surface area contributed by atoms with E-state index >= 15 is 0 Å². The minimum atomic E-state index is 0.318. The average molecular weight is 501 g/mol. The molecule has 0 saturated carbocycles. The first-order valence-electron chi connectivity index (χ1n) is 11.4. The summed E-state index contributed by atoms with van der Waals surface area (Å²) in [5.74, 6) is 0.906. The van der Waals surface area contributed by atoms with E-state index in [0.29, 0.717) is 117 Å². The molecule has 0 aliphatic rings. The summed E-state index contributed by atoms with van der Waals surface area (Å²) in [4.78, 5) is 6.92. The molecule has 1 rings (SSSR count). The van der Waals surface area contributed by atoms with E-state index in [9.17, 15) is 0 Å². The van der Waals surface area contributed by atoms with Crippen molar-refractivity contribution in [1.29, 1.82) is 5.53 Å². The molecule has 1 N–H and O–H groups in total. The van der Waals surface area contributed by atoms with Gasteiger partial charge < -0.3 is 37.9 Å². The van der Waals surface area contributed by atoms with Crippen molar-refractivity contribution in [3.05, 3.63) is 28.6 Å². The number of nitrogens with one attached hydrogen (secondary N) is 1. The van der Waals surface area contributed by atoms with Crippen LogP contribution in [-0.4, -0.2) is 111 Å². The number of rotatable bonds is 26. The van der Waals surface area contributed by atoms with E-state index < -0.39 is 0 Å². The fraction of sp³-hybridized carbons (Fsp3) is 0.762. The number of nitrogens with zero attached hydrogens (tertiary/aromatic N) is 5. The van der Waals surface area contributed by atoms with Gasteiger partial charge in [-0.2, -0.15) is 10.1 Å². The maximum Gasteiger partial charge on any atom is 0.216 e. The molecule has 1 aromatic heterocycles. The standard InChI is InChI=1S/C21H36N6O8/c22-24-4-6-28-8-10-30-12-14-32-16-18-34-20-2-1-3-21(26-20)35-19-17-33-15-13-31-11-9-29-7-5-25-27-23/h1-3,22H,4-19H2. The van der Waals surface area contributed by atoms with E-state index in [1.165, 1.54) is 0 Å². The van der Waals surface area contributed by atoms with E-state index in [2.05, 4.69) is 20.1 Å². The third-order valence-electron chi connectivity index (χ3n) is 3.89. The zero-order chi connectivity index (χ0) is 25.1. The molecule has 0 radical (unpaired) electrons. The van der Waals surface area contributed by atoms with Crippen molar-refractivity contribution >= 4 is 0 Å². The SMILES string of the molecule is [N-]=[N+]=NCCOCCOCCOCCOc1cccc(OCCOCCOCCOCCN=N)n1. The van der Waals surface area contributed by atoms with Gasteiger partial charge in [-0.15, -0.1) is 0 Å². The van der Waals surface area contributed by atoms with Crippen molar-refractivity contribution in [2.24, 2.45) is 10.2 Å². The molecule has 0 aromatic carbocycles. The molecule has 0 saturated heterocycles. The number of ether oxygens (including phenoxy) is 8. The largest absolute Gasteiger partial charge is 0.475 e. The second-order valence-electron chi connectivity index (χ2n) is 6.52. The van der Waals surface area contributed by atoms with Crippen LogP contribution in [0.4, 0.5) is 0 Å². The van der Waals surface area contributed by atoms with E-state index in [1.807, 2.05) is 0 Å². The Hall–Kier alpha value is -2.58. The van der Waals surface area contributed by atoms with Gasteiger partial charge in [0, 0.05) is 23.6 Å². The van der Waals surface area contributed by atoms with Crippen molar-refractivity contribution < 1.29 is 37.9 Å². The van der Waals surface area contributed by atoms with Crippen LogP contribution in [0.2, 0.25) is 0 Å². The van der Waals surface area contributed by atoms with Gasteiger partial charge in [0.05, 0.1) is 85.8 Å². The summed E-state index contributed by atoms with van der Waals surface area (Å²) < 4.78 is 43.2. The van der Waals surface area contributed by atoms with E-state index in [0.717, 1.165) is 0 Å².